The Kier molecular flexibility index (Phi) is 4.62. The number of hydrogen-bond acceptors (Lipinski definition) is 3. The fraction of sp³-hybridized carbons (Fsp3) is 0.929. The molecule has 3 atom stereocenters. The van der Waals surface area contributed by atoms with Crippen LogP contribution in [0, 0.1) is 5.92 Å². The summed E-state index contributed by atoms with van der Waals surface area (Å²) >= 11 is 0. The van der Waals surface area contributed by atoms with Crippen LogP contribution in [0.3, 0.4) is 0 Å². The number of rotatable bonds is 3. The van der Waals surface area contributed by atoms with E-state index in [9.17, 15) is 4.79 Å². The zero-order valence-electron chi connectivity index (χ0n) is 12.0. The molecule has 18 heavy (non-hydrogen) atoms. The van der Waals surface area contributed by atoms with Crippen LogP contribution in [0.4, 0.5) is 0 Å². The lowest BCUT2D eigenvalue weighted by atomic mass is 9.93. The molecule has 0 aliphatic carbocycles. The largest absolute Gasteiger partial charge is 0.341 e. The Morgan fingerprint density at radius 2 is 1.94 bits per heavy atom. The number of nitrogens with one attached hydrogen (secondary N) is 1. The summed E-state index contributed by atoms with van der Waals surface area (Å²) in [6.07, 6.45) is 3.49. The lowest BCUT2D eigenvalue weighted by Gasteiger charge is -2.37. The van der Waals surface area contributed by atoms with E-state index in [1.54, 1.807) is 0 Å². The molecule has 0 spiro atoms. The van der Waals surface area contributed by atoms with E-state index in [1.807, 2.05) is 11.8 Å². The van der Waals surface area contributed by atoms with E-state index in [1.165, 1.54) is 12.8 Å². The summed E-state index contributed by atoms with van der Waals surface area (Å²) in [6.45, 7) is 8.46. The van der Waals surface area contributed by atoms with Gasteiger partial charge in [-0.15, -0.1) is 0 Å². The summed E-state index contributed by atoms with van der Waals surface area (Å²) in [5.74, 6) is 0.913. The molecule has 0 aromatic heterocycles. The van der Waals surface area contributed by atoms with Crippen molar-refractivity contribution in [3.05, 3.63) is 0 Å². The second kappa shape index (κ2) is 6.02. The van der Waals surface area contributed by atoms with Crippen LogP contribution in [0.15, 0.2) is 0 Å². The van der Waals surface area contributed by atoms with E-state index in [0.717, 1.165) is 32.6 Å². The highest BCUT2D eigenvalue weighted by atomic mass is 16.2. The highest BCUT2D eigenvalue weighted by Crippen LogP contribution is 2.17. The standard InChI is InChI=1S/C14H27N3O/c1-11-10-16(3)9-6-13(11)15-12(2)14(18)17-7-4-5-8-17/h11-13,15H,4-10H2,1-3H3. The first-order valence-corrected chi connectivity index (χ1v) is 7.31. The Balaban J connectivity index is 1.82. The van der Waals surface area contributed by atoms with Crippen molar-refractivity contribution >= 4 is 5.91 Å². The third kappa shape index (κ3) is 3.23. The maximum Gasteiger partial charge on any atom is 0.239 e. The smallest absolute Gasteiger partial charge is 0.239 e. The molecule has 0 aromatic carbocycles. The SMILES string of the molecule is CC(NC1CCN(C)CC1C)C(=O)N1CCCC1. The molecule has 3 unspecified atom stereocenters. The zero-order chi connectivity index (χ0) is 13.1. The Bertz CT molecular complexity index is 289. The zero-order valence-corrected chi connectivity index (χ0v) is 12.0. The van der Waals surface area contributed by atoms with Crippen LogP contribution in [0.25, 0.3) is 0 Å². The third-order valence-corrected chi connectivity index (χ3v) is 4.36. The van der Waals surface area contributed by atoms with Crippen molar-refractivity contribution in [3.8, 4) is 0 Å². The van der Waals surface area contributed by atoms with Gasteiger partial charge in [-0.3, -0.25) is 4.79 Å². The van der Waals surface area contributed by atoms with Gasteiger partial charge in [-0.2, -0.15) is 0 Å². The summed E-state index contributed by atoms with van der Waals surface area (Å²) < 4.78 is 0. The van der Waals surface area contributed by atoms with Gasteiger partial charge in [0.2, 0.25) is 5.91 Å². The maximum absolute atomic E-state index is 12.2. The van der Waals surface area contributed by atoms with Crippen LogP contribution in [-0.4, -0.2) is 61.0 Å². The average Bonchev–Trinajstić information content (AvgIpc) is 2.85. The van der Waals surface area contributed by atoms with E-state index in [4.69, 9.17) is 0 Å². The van der Waals surface area contributed by atoms with Gasteiger partial charge in [0.25, 0.3) is 0 Å². The molecular weight excluding hydrogens is 226 g/mol. The highest BCUT2D eigenvalue weighted by molar-refractivity contribution is 5.81. The Labute approximate surface area is 111 Å². The van der Waals surface area contributed by atoms with E-state index in [-0.39, 0.29) is 6.04 Å². The summed E-state index contributed by atoms with van der Waals surface area (Å²) in [4.78, 5) is 16.6. The van der Waals surface area contributed by atoms with Crippen LogP contribution in [0.1, 0.15) is 33.1 Å². The van der Waals surface area contributed by atoms with Gasteiger partial charge in [-0.1, -0.05) is 6.92 Å². The molecule has 4 nitrogen and oxygen atoms in total. The first-order valence-electron chi connectivity index (χ1n) is 7.31. The Morgan fingerprint density at radius 3 is 2.56 bits per heavy atom. The number of carbonyl (C=O) groups is 1. The number of nitrogens with zero attached hydrogens (tertiary/aromatic N) is 2. The van der Waals surface area contributed by atoms with Gasteiger partial charge in [0.15, 0.2) is 0 Å². The van der Waals surface area contributed by atoms with E-state index in [0.29, 0.717) is 17.9 Å². The van der Waals surface area contributed by atoms with Crippen molar-refractivity contribution in [2.75, 3.05) is 33.2 Å². The summed E-state index contributed by atoms with van der Waals surface area (Å²) in [7, 11) is 2.17. The minimum absolute atomic E-state index is 0.0287. The molecule has 4 heteroatoms. The van der Waals surface area contributed by atoms with Crippen LogP contribution >= 0.6 is 0 Å². The number of amides is 1. The first-order chi connectivity index (χ1) is 8.58. The van der Waals surface area contributed by atoms with Gasteiger partial charge in [0, 0.05) is 25.7 Å². The lowest BCUT2D eigenvalue weighted by Crippen LogP contribution is -2.53. The second-order valence-corrected chi connectivity index (χ2v) is 6.06. The van der Waals surface area contributed by atoms with Crippen molar-refractivity contribution in [2.45, 2.75) is 45.2 Å². The monoisotopic (exact) mass is 253 g/mol. The molecule has 2 fully saturated rings. The quantitative estimate of drug-likeness (QED) is 0.812. The van der Waals surface area contributed by atoms with Crippen molar-refractivity contribution in [2.24, 2.45) is 5.92 Å². The summed E-state index contributed by atoms with van der Waals surface area (Å²) in [6, 6.07) is 0.460. The van der Waals surface area contributed by atoms with Crippen molar-refractivity contribution in [1.29, 1.82) is 0 Å². The van der Waals surface area contributed by atoms with Gasteiger partial charge in [-0.05, 0) is 45.7 Å². The number of hydrogen-bond donors (Lipinski definition) is 1. The molecule has 1 amide bonds. The fourth-order valence-corrected chi connectivity index (χ4v) is 3.21. The van der Waals surface area contributed by atoms with Gasteiger partial charge >= 0.3 is 0 Å². The van der Waals surface area contributed by atoms with Crippen molar-refractivity contribution < 1.29 is 4.79 Å². The summed E-state index contributed by atoms with van der Waals surface area (Å²) in [5, 5.41) is 3.55. The molecule has 2 rings (SSSR count). The van der Waals surface area contributed by atoms with E-state index < -0.39 is 0 Å². The molecule has 2 saturated heterocycles. The molecule has 2 aliphatic heterocycles. The normalized spacial score (nSPS) is 31.6. The predicted octanol–water partition coefficient (Wildman–Crippen LogP) is 0.927. The van der Waals surface area contributed by atoms with E-state index >= 15 is 0 Å². The fourth-order valence-electron chi connectivity index (χ4n) is 3.21. The average molecular weight is 253 g/mol. The van der Waals surface area contributed by atoms with Gasteiger partial charge in [0.05, 0.1) is 6.04 Å². The van der Waals surface area contributed by atoms with E-state index in [2.05, 4.69) is 24.2 Å². The molecule has 2 aliphatic rings. The van der Waals surface area contributed by atoms with Crippen LogP contribution in [0.2, 0.25) is 0 Å². The molecule has 2 heterocycles. The van der Waals surface area contributed by atoms with Gasteiger partial charge in [0.1, 0.15) is 0 Å². The molecule has 0 aromatic rings. The van der Waals surface area contributed by atoms with Gasteiger partial charge < -0.3 is 15.1 Å². The topological polar surface area (TPSA) is 35.6 Å². The van der Waals surface area contributed by atoms with Gasteiger partial charge in [-0.25, -0.2) is 0 Å². The van der Waals surface area contributed by atoms with Crippen LogP contribution < -0.4 is 5.32 Å². The molecule has 0 saturated carbocycles. The Hall–Kier alpha value is -0.610. The molecular formula is C14H27N3O. The summed E-state index contributed by atoms with van der Waals surface area (Å²) in [5.41, 5.74) is 0. The number of carbonyl (C=O) groups excluding carboxylic acids is 1. The molecule has 0 radical (unpaired) electrons. The molecule has 104 valence electrons. The Morgan fingerprint density at radius 1 is 1.28 bits per heavy atom. The molecule has 0 bridgehead atoms. The number of likely N-dealkylation sites (tertiary alicyclic amines) is 2. The second-order valence-electron chi connectivity index (χ2n) is 6.06. The van der Waals surface area contributed by atoms with Crippen LogP contribution in [-0.2, 0) is 4.79 Å². The number of piperidine rings is 1. The lowest BCUT2D eigenvalue weighted by molar-refractivity contribution is -0.132. The minimum Gasteiger partial charge on any atom is -0.341 e. The van der Waals surface area contributed by atoms with Crippen molar-refractivity contribution in [3.63, 3.8) is 0 Å². The minimum atomic E-state index is -0.0287. The van der Waals surface area contributed by atoms with Crippen LogP contribution in [0.5, 0.6) is 0 Å². The third-order valence-electron chi connectivity index (χ3n) is 4.36. The predicted molar refractivity (Wildman–Crippen MR) is 73.5 cm³/mol. The molecule has 1 N–H and O–H groups in total. The highest BCUT2D eigenvalue weighted by Gasteiger charge is 2.29. The van der Waals surface area contributed by atoms with Crippen molar-refractivity contribution in [1.82, 2.24) is 15.1 Å². The first kappa shape index (κ1) is 13.8. The maximum atomic E-state index is 12.2.